The molecule has 0 radical (unpaired) electrons. The number of carbonyl (C=O) groups excluding carboxylic acids is 1. The van der Waals surface area contributed by atoms with Crippen molar-refractivity contribution in [3.05, 3.63) is 41.0 Å². The van der Waals surface area contributed by atoms with E-state index in [0.717, 1.165) is 17.7 Å². The number of rotatable bonds is 5. The van der Waals surface area contributed by atoms with Crippen molar-refractivity contribution in [1.82, 2.24) is 19.6 Å². The second-order valence-electron chi connectivity index (χ2n) is 6.71. The molecule has 0 amide bonds. The van der Waals surface area contributed by atoms with Gasteiger partial charge in [0.15, 0.2) is 23.1 Å². The Morgan fingerprint density at radius 2 is 1.79 bits per heavy atom. The molecule has 1 aliphatic rings. The molecule has 0 saturated heterocycles. The van der Waals surface area contributed by atoms with Gasteiger partial charge < -0.3 is 14.2 Å². The summed E-state index contributed by atoms with van der Waals surface area (Å²) in [6.45, 7) is 1.99. The Morgan fingerprint density at radius 3 is 2.39 bits per heavy atom. The Bertz CT molecular complexity index is 1030. The van der Waals surface area contributed by atoms with E-state index >= 15 is 0 Å². The minimum atomic E-state index is -0.0303. The highest BCUT2D eigenvalue weighted by molar-refractivity contribution is 5.98. The third-order valence-corrected chi connectivity index (χ3v) is 5.10. The molecule has 0 aliphatic heterocycles. The fraction of sp³-hybridized carbons (Fsp3) is 0.400. The Kier molecular flexibility index (Phi) is 4.62. The van der Waals surface area contributed by atoms with Crippen LogP contribution in [0, 0.1) is 0 Å². The van der Waals surface area contributed by atoms with Crippen LogP contribution < -0.4 is 14.2 Å². The number of ketones is 1. The van der Waals surface area contributed by atoms with Gasteiger partial charge in [0.05, 0.1) is 32.6 Å². The minimum Gasteiger partial charge on any atom is -0.493 e. The maximum absolute atomic E-state index is 12.8. The van der Waals surface area contributed by atoms with Crippen molar-refractivity contribution in [2.24, 2.45) is 0 Å². The van der Waals surface area contributed by atoms with Gasteiger partial charge in [0.2, 0.25) is 5.75 Å². The quantitative estimate of drug-likeness (QED) is 0.670. The topological polar surface area (TPSA) is 87.8 Å². The van der Waals surface area contributed by atoms with Gasteiger partial charge in [-0.05, 0) is 30.0 Å². The lowest BCUT2D eigenvalue weighted by Gasteiger charge is -2.24. The van der Waals surface area contributed by atoms with E-state index in [0.29, 0.717) is 47.3 Å². The average Bonchev–Trinajstić information content (AvgIpc) is 3.13. The molecule has 0 N–H and O–H groups in total. The van der Waals surface area contributed by atoms with Crippen LogP contribution in [-0.2, 0) is 12.8 Å². The predicted molar refractivity (Wildman–Crippen MR) is 102 cm³/mol. The maximum atomic E-state index is 12.8. The lowest BCUT2D eigenvalue weighted by atomic mass is 9.82. The SMILES string of the molecule is CCc1nc2nc3c(cn2n1)C(=O)C[C@@H](c1cc(OC)c(OC)c(OC)c1)C3. The van der Waals surface area contributed by atoms with Crippen LogP contribution in [0.25, 0.3) is 5.78 Å². The molecule has 0 unspecified atom stereocenters. The highest BCUT2D eigenvalue weighted by Crippen LogP contribution is 2.42. The van der Waals surface area contributed by atoms with Gasteiger partial charge in [-0.3, -0.25) is 4.79 Å². The average molecular weight is 382 g/mol. The highest BCUT2D eigenvalue weighted by Gasteiger charge is 2.30. The Labute approximate surface area is 162 Å². The molecule has 0 spiro atoms. The van der Waals surface area contributed by atoms with Crippen molar-refractivity contribution in [2.45, 2.75) is 32.1 Å². The number of carbonyl (C=O) groups is 1. The first-order valence-electron chi connectivity index (χ1n) is 9.16. The first-order chi connectivity index (χ1) is 13.6. The smallest absolute Gasteiger partial charge is 0.252 e. The molecule has 3 aromatic rings. The predicted octanol–water partition coefficient (Wildman–Crippen LogP) is 2.63. The van der Waals surface area contributed by atoms with Crippen LogP contribution in [0.4, 0.5) is 0 Å². The second-order valence-corrected chi connectivity index (χ2v) is 6.71. The summed E-state index contributed by atoms with van der Waals surface area (Å²) in [5.74, 6) is 2.93. The van der Waals surface area contributed by atoms with Crippen LogP contribution >= 0.6 is 0 Å². The van der Waals surface area contributed by atoms with Crippen molar-refractivity contribution in [1.29, 1.82) is 0 Å². The zero-order valence-corrected chi connectivity index (χ0v) is 16.4. The number of ether oxygens (including phenoxy) is 3. The van der Waals surface area contributed by atoms with Crippen molar-refractivity contribution >= 4 is 11.6 Å². The normalized spacial score (nSPS) is 16.1. The van der Waals surface area contributed by atoms with Gasteiger partial charge in [0.1, 0.15) is 0 Å². The zero-order chi connectivity index (χ0) is 19.8. The van der Waals surface area contributed by atoms with Crippen molar-refractivity contribution in [2.75, 3.05) is 21.3 Å². The summed E-state index contributed by atoms with van der Waals surface area (Å²) in [5, 5.41) is 4.36. The molecule has 1 aliphatic carbocycles. The zero-order valence-electron chi connectivity index (χ0n) is 16.4. The van der Waals surface area contributed by atoms with Gasteiger partial charge in [-0.25, -0.2) is 9.50 Å². The molecular weight excluding hydrogens is 360 g/mol. The fourth-order valence-corrected chi connectivity index (χ4v) is 3.65. The fourth-order valence-electron chi connectivity index (χ4n) is 3.65. The van der Waals surface area contributed by atoms with Gasteiger partial charge in [0, 0.05) is 19.0 Å². The first kappa shape index (κ1) is 18.2. The largest absolute Gasteiger partial charge is 0.493 e. The van der Waals surface area contributed by atoms with E-state index in [1.54, 1.807) is 32.0 Å². The van der Waals surface area contributed by atoms with E-state index in [1.165, 1.54) is 0 Å². The number of aryl methyl sites for hydroxylation is 1. The van der Waals surface area contributed by atoms with E-state index in [-0.39, 0.29) is 11.7 Å². The maximum Gasteiger partial charge on any atom is 0.252 e. The van der Waals surface area contributed by atoms with Crippen LogP contribution in [-0.4, -0.2) is 46.7 Å². The number of hydrogen-bond donors (Lipinski definition) is 0. The molecule has 1 aromatic carbocycles. The summed E-state index contributed by atoms with van der Waals surface area (Å²) < 4.78 is 17.9. The number of Topliss-reactive ketones (excluding diaryl/α,β-unsaturated/α-hetero) is 1. The van der Waals surface area contributed by atoms with Gasteiger partial charge in [0.25, 0.3) is 5.78 Å². The summed E-state index contributed by atoms with van der Waals surface area (Å²) in [6, 6.07) is 3.80. The number of nitrogens with zero attached hydrogens (tertiary/aromatic N) is 4. The van der Waals surface area contributed by atoms with E-state index in [2.05, 4.69) is 15.1 Å². The monoisotopic (exact) mass is 382 g/mol. The van der Waals surface area contributed by atoms with Gasteiger partial charge in [-0.15, -0.1) is 5.10 Å². The second kappa shape index (κ2) is 7.10. The molecule has 0 saturated carbocycles. The van der Waals surface area contributed by atoms with Crippen LogP contribution in [0.3, 0.4) is 0 Å². The molecule has 2 aromatic heterocycles. The van der Waals surface area contributed by atoms with Crippen LogP contribution in [0.5, 0.6) is 17.2 Å². The Balaban J connectivity index is 1.75. The summed E-state index contributed by atoms with van der Waals surface area (Å²) in [7, 11) is 4.73. The molecule has 0 fully saturated rings. The van der Waals surface area contributed by atoms with Crippen molar-refractivity contribution in [3.63, 3.8) is 0 Å². The molecule has 146 valence electrons. The third-order valence-electron chi connectivity index (χ3n) is 5.10. The van der Waals surface area contributed by atoms with Crippen LogP contribution in [0.15, 0.2) is 18.3 Å². The Hall–Kier alpha value is -3.16. The molecule has 0 bridgehead atoms. The summed E-state index contributed by atoms with van der Waals surface area (Å²) in [5.41, 5.74) is 2.31. The highest BCUT2D eigenvalue weighted by atomic mass is 16.5. The van der Waals surface area contributed by atoms with Crippen molar-refractivity contribution < 1.29 is 19.0 Å². The molecule has 2 heterocycles. The van der Waals surface area contributed by atoms with E-state index < -0.39 is 0 Å². The molecule has 28 heavy (non-hydrogen) atoms. The molecule has 1 atom stereocenters. The summed E-state index contributed by atoms with van der Waals surface area (Å²) >= 11 is 0. The van der Waals surface area contributed by atoms with E-state index in [1.807, 2.05) is 19.1 Å². The summed E-state index contributed by atoms with van der Waals surface area (Å²) in [6.07, 6.45) is 3.48. The molecular formula is C20H22N4O4. The lowest BCUT2D eigenvalue weighted by Crippen LogP contribution is -2.21. The van der Waals surface area contributed by atoms with E-state index in [9.17, 15) is 4.79 Å². The summed E-state index contributed by atoms with van der Waals surface area (Å²) in [4.78, 5) is 21.9. The third kappa shape index (κ3) is 2.94. The standard InChI is InChI=1S/C20H22N4O4/c1-5-18-22-20-21-14-6-11(7-15(25)13(14)10-24(20)23-18)12-8-16(26-2)19(28-4)17(9-12)27-3/h8-11H,5-7H2,1-4H3/t11-/m0/s1. The van der Waals surface area contributed by atoms with Crippen molar-refractivity contribution in [3.8, 4) is 17.2 Å². The molecule has 8 nitrogen and oxygen atoms in total. The number of methoxy groups -OCH3 is 3. The van der Waals surface area contributed by atoms with Gasteiger partial charge in [-0.2, -0.15) is 4.98 Å². The number of hydrogen-bond acceptors (Lipinski definition) is 7. The number of benzene rings is 1. The first-order valence-corrected chi connectivity index (χ1v) is 9.16. The molecule has 4 rings (SSSR count). The lowest BCUT2D eigenvalue weighted by molar-refractivity contribution is 0.0962. The van der Waals surface area contributed by atoms with Gasteiger partial charge >= 0.3 is 0 Å². The van der Waals surface area contributed by atoms with Gasteiger partial charge in [-0.1, -0.05) is 6.92 Å². The van der Waals surface area contributed by atoms with Crippen LogP contribution in [0.2, 0.25) is 0 Å². The molecule has 8 heteroatoms. The van der Waals surface area contributed by atoms with E-state index in [4.69, 9.17) is 14.2 Å². The number of fused-ring (bicyclic) bond motifs is 2. The Morgan fingerprint density at radius 1 is 1.07 bits per heavy atom. The number of aromatic nitrogens is 4. The minimum absolute atomic E-state index is 0.0303. The van der Waals surface area contributed by atoms with Crippen LogP contribution in [0.1, 0.15) is 46.7 Å².